The standard InChI is InChI=1S/C10H19B/c1-9(2,3)7-8(11)10(4,5)6/h7H,1-6H3/b8-7-. The van der Waals surface area contributed by atoms with Gasteiger partial charge in [-0.25, -0.2) is 0 Å². The van der Waals surface area contributed by atoms with Gasteiger partial charge < -0.3 is 0 Å². The zero-order chi connectivity index (χ0) is 9.28. The first-order valence-corrected chi connectivity index (χ1v) is 4.12. The molecule has 0 amide bonds. The topological polar surface area (TPSA) is 0 Å². The molecule has 0 rings (SSSR count). The van der Waals surface area contributed by atoms with Crippen LogP contribution in [0, 0.1) is 10.8 Å². The molecule has 0 fully saturated rings. The Bertz CT molecular complexity index is 153. The van der Waals surface area contributed by atoms with E-state index in [1.807, 2.05) is 0 Å². The Morgan fingerprint density at radius 2 is 1.36 bits per heavy atom. The van der Waals surface area contributed by atoms with Crippen LogP contribution < -0.4 is 0 Å². The van der Waals surface area contributed by atoms with E-state index in [0.717, 1.165) is 5.47 Å². The zero-order valence-corrected chi connectivity index (χ0v) is 8.65. The molecular formula is C10H19B. The van der Waals surface area contributed by atoms with Crippen molar-refractivity contribution < 1.29 is 0 Å². The lowest BCUT2D eigenvalue weighted by Gasteiger charge is -2.24. The lowest BCUT2D eigenvalue weighted by Crippen LogP contribution is -2.13. The van der Waals surface area contributed by atoms with Gasteiger partial charge in [0.2, 0.25) is 0 Å². The summed E-state index contributed by atoms with van der Waals surface area (Å²) in [7, 11) is 5.90. The Balaban J connectivity index is 4.49. The summed E-state index contributed by atoms with van der Waals surface area (Å²) in [5.41, 5.74) is 1.27. The van der Waals surface area contributed by atoms with Crippen molar-refractivity contribution in [3.63, 3.8) is 0 Å². The highest BCUT2D eigenvalue weighted by molar-refractivity contribution is 6.22. The summed E-state index contributed by atoms with van der Waals surface area (Å²) in [6.07, 6.45) is 2.13. The third-order valence-electron chi connectivity index (χ3n) is 1.45. The van der Waals surface area contributed by atoms with Gasteiger partial charge in [-0.3, -0.25) is 0 Å². The molecule has 0 aromatic carbocycles. The largest absolute Gasteiger partial charge is 0.116 e. The predicted molar refractivity (Wildman–Crippen MR) is 52.7 cm³/mol. The Morgan fingerprint density at radius 3 is 1.45 bits per heavy atom. The van der Waals surface area contributed by atoms with E-state index < -0.39 is 0 Å². The maximum atomic E-state index is 5.90. The molecule has 0 aliphatic heterocycles. The third kappa shape index (κ3) is 5.12. The quantitative estimate of drug-likeness (QED) is 0.465. The first kappa shape index (κ1) is 10.8. The van der Waals surface area contributed by atoms with Gasteiger partial charge in [-0.15, -0.1) is 5.47 Å². The van der Waals surface area contributed by atoms with Gasteiger partial charge in [-0.05, 0) is 10.8 Å². The van der Waals surface area contributed by atoms with Crippen molar-refractivity contribution in [1.82, 2.24) is 0 Å². The van der Waals surface area contributed by atoms with Crippen LogP contribution in [0.4, 0.5) is 0 Å². The van der Waals surface area contributed by atoms with Crippen molar-refractivity contribution in [1.29, 1.82) is 0 Å². The van der Waals surface area contributed by atoms with Crippen molar-refractivity contribution in [2.45, 2.75) is 41.5 Å². The molecule has 62 valence electrons. The van der Waals surface area contributed by atoms with Crippen LogP contribution in [0.5, 0.6) is 0 Å². The third-order valence-corrected chi connectivity index (χ3v) is 1.45. The minimum Gasteiger partial charge on any atom is -0.116 e. The van der Waals surface area contributed by atoms with E-state index in [0.29, 0.717) is 0 Å². The zero-order valence-electron chi connectivity index (χ0n) is 8.65. The van der Waals surface area contributed by atoms with Crippen molar-refractivity contribution in [2.75, 3.05) is 0 Å². The molecule has 0 N–H and O–H groups in total. The van der Waals surface area contributed by atoms with Crippen LogP contribution in [-0.4, -0.2) is 7.85 Å². The fraction of sp³-hybridized carbons (Fsp3) is 0.800. The Morgan fingerprint density at radius 1 is 1.00 bits per heavy atom. The molecule has 0 aliphatic rings. The average Bonchev–Trinajstić information content (AvgIpc) is 1.56. The average molecular weight is 150 g/mol. The maximum Gasteiger partial charge on any atom is 0.108 e. The van der Waals surface area contributed by atoms with Crippen molar-refractivity contribution in [2.24, 2.45) is 10.8 Å². The molecule has 0 unspecified atom stereocenters. The highest BCUT2D eigenvalue weighted by atomic mass is 14.2. The van der Waals surface area contributed by atoms with Gasteiger partial charge in [-0.1, -0.05) is 47.6 Å². The summed E-state index contributed by atoms with van der Waals surface area (Å²) in [6.45, 7) is 12.9. The van der Waals surface area contributed by atoms with E-state index in [9.17, 15) is 0 Å². The first-order chi connectivity index (χ1) is 4.63. The van der Waals surface area contributed by atoms with Gasteiger partial charge in [0.1, 0.15) is 7.85 Å². The monoisotopic (exact) mass is 150 g/mol. The molecule has 0 heterocycles. The molecule has 11 heavy (non-hydrogen) atoms. The first-order valence-electron chi connectivity index (χ1n) is 4.12. The Hall–Kier alpha value is -0.195. The highest BCUT2D eigenvalue weighted by Gasteiger charge is 2.15. The summed E-state index contributed by atoms with van der Waals surface area (Å²) in [5.74, 6) is 0. The summed E-state index contributed by atoms with van der Waals surface area (Å²) >= 11 is 0. The molecule has 0 saturated carbocycles. The smallest absolute Gasteiger partial charge is 0.108 e. The minimum atomic E-state index is 0.104. The maximum absolute atomic E-state index is 5.90. The van der Waals surface area contributed by atoms with Gasteiger partial charge in [0.05, 0.1) is 0 Å². The highest BCUT2D eigenvalue weighted by Crippen LogP contribution is 2.27. The van der Waals surface area contributed by atoms with Crippen molar-refractivity contribution in [3.8, 4) is 0 Å². The number of hydrogen-bond donors (Lipinski definition) is 0. The summed E-state index contributed by atoms with van der Waals surface area (Å²) in [5, 5.41) is 0. The molecule has 0 bridgehead atoms. The van der Waals surface area contributed by atoms with E-state index in [1.54, 1.807) is 0 Å². The van der Waals surface area contributed by atoms with Crippen LogP contribution in [0.2, 0.25) is 0 Å². The second kappa shape index (κ2) is 3.04. The number of rotatable bonds is 0. The van der Waals surface area contributed by atoms with E-state index in [4.69, 9.17) is 7.85 Å². The fourth-order valence-corrected chi connectivity index (χ4v) is 0.683. The molecule has 0 saturated heterocycles. The molecule has 0 aliphatic carbocycles. The van der Waals surface area contributed by atoms with E-state index >= 15 is 0 Å². The van der Waals surface area contributed by atoms with E-state index in [2.05, 4.69) is 47.6 Å². The Labute approximate surface area is 72.5 Å². The van der Waals surface area contributed by atoms with Crippen LogP contribution in [-0.2, 0) is 0 Å². The van der Waals surface area contributed by atoms with Crippen LogP contribution in [0.25, 0.3) is 0 Å². The molecule has 0 aromatic rings. The van der Waals surface area contributed by atoms with E-state index in [-0.39, 0.29) is 10.8 Å². The van der Waals surface area contributed by atoms with Gasteiger partial charge >= 0.3 is 0 Å². The molecule has 1 heteroatoms. The summed E-state index contributed by atoms with van der Waals surface area (Å²) in [6, 6.07) is 0. The second-order valence-corrected chi connectivity index (χ2v) is 5.22. The number of allylic oxidation sites excluding steroid dienone is 2. The molecule has 2 radical (unpaired) electrons. The Kier molecular flexibility index (Phi) is 2.99. The molecular weight excluding hydrogens is 131 g/mol. The van der Waals surface area contributed by atoms with Gasteiger partial charge in [0, 0.05) is 0 Å². The molecule has 0 spiro atoms. The lowest BCUT2D eigenvalue weighted by molar-refractivity contribution is 0.492. The van der Waals surface area contributed by atoms with Crippen LogP contribution in [0.15, 0.2) is 11.5 Å². The summed E-state index contributed by atoms with van der Waals surface area (Å²) in [4.78, 5) is 0. The normalized spacial score (nSPS) is 15.3. The van der Waals surface area contributed by atoms with Crippen molar-refractivity contribution in [3.05, 3.63) is 11.5 Å². The van der Waals surface area contributed by atoms with Gasteiger partial charge in [-0.2, -0.15) is 0 Å². The van der Waals surface area contributed by atoms with E-state index in [1.165, 1.54) is 0 Å². The summed E-state index contributed by atoms with van der Waals surface area (Å²) < 4.78 is 0. The van der Waals surface area contributed by atoms with Crippen molar-refractivity contribution >= 4 is 7.85 Å². The second-order valence-electron chi connectivity index (χ2n) is 5.22. The van der Waals surface area contributed by atoms with Crippen LogP contribution in [0.3, 0.4) is 0 Å². The van der Waals surface area contributed by atoms with Gasteiger partial charge in [0.25, 0.3) is 0 Å². The number of hydrogen-bond acceptors (Lipinski definition) is 0. The molecule has 0 atom stereocenters. The molecule has 0 aromatic heterocycles. The minimum absolute atomic E-state index is 0.104. The SMILES string of the molecule is [B]/C(=C\C(C)(C)C)C(C)(C)C. The predicted octanol–water partition coefficient (Wildman–Crippen LogP) is 3.13. The van der Waals surface area contributed by atoms with Crippen LogP contribution in [0.1, 0.15) is 41.5 Å². The van der Waals surface area contributed by atoms with Gasteiger partial charge in [0.15, 0.2) is 0 Å². The lowest BCUT2D eigenvalue weighted by atomic mass is 9.71. The molecule has 0 nitrogen and oxygen atoms in total. The fourth-order valence-electron chi connectivity index (χ4n) is 0.683. The van der Waals surface area contributed by atoms with Crippen LogP contribution >= 0.6 is 0 Å².